The maximum Gasteiger partial charge on any atom is 0.191 e. The van der Waals surface area contributed by atoms with Gasteiger partial charge in [-0.3, -0.25) is 4.90 Å². The van der Waals surface area contributed by atoms with Gasteiger partial charge in [-0.1, -0.05) is 26.0 Å². The van der Waals surface area contributed by atoms with Gasteiger partial charge in [-0.2, -0.15) is 0 Å². The highest BCUT2D eigenvalue weighted by Crippen LogP contribution is 2.21. The van der Waals surface area contributed by atoms with E-state index < -0.39 is 0 Å². The second-order valence-electron chi connectivity index (χ2n) is 8.34. The number of ether oxygens (including phenoxy) is 3. The molecule has 7 heteroatoms. The van der Waals surface area contributed by atoms with Gasteiger partial charge in [0.2, 0.25) is 0 Å². The van der Waals surface area contributed by atoms with E-state index in [-0.39, 0.29) is 0 Å². The molecule has 0 spiro atoms. The van der Waals surface area contributed by atoms with Crippen LogP contribution in [0.4, 0.5) is 0 Å². The summed E-state index contributed by atoms with van der Waals surface area (Å²) in [5.74, 6) is 2.30. The van der Waals surface area contributed by atoms with Crippen LogP contribution in [0.1, 0.15) is 38.3 Å². The van der Waals surface area contributed by atoms with E-state index in [1.54, 1.807) is 7.11 Å². The van der Waals surface area contributed by atoms with Crippen LogP contribution in [0.25, 0.3) is 0 Å². The van der Waals surface area contributed by atoms with Crippen molar-refractivity contribution in [2.75, 3.05) is 59.7 Å². The van der Waals surface area contributed by atoms with Crippen molar-refractivity contribution in [3.8, 4) is 5.75 Å². The molecule has 0 aromatic heterocycles. The summed E-state index contributed by atoms with van der Waals surface area (Å²) >= 11 is 0. The van der Waals surface area contributed by atoms with Crippen LogP contribution in [-0.4, -0.2) is 76.6 Å². The molecule has 176 valence electrons. The normalized spacial score (nSPS) is 16.4. The van der Waals surface area contributed by atoms with Gasteiger partial charge in [0.1, 0.15) is 5.75 Å². The third-order valence-electron chi connectivity index (χ3n) is 5.49. The number of methoxy groups -OCH3 is 1. The number of benzene rings is 1. The smallest absolute Gasteiger partial charge is 0.191 e. The highest BCUT2D eigenvalue weighted by atomic mass is 16.5. The summed E-state index contributed by atoms with van der Waals surface area (Å²) in [7, 11) is 1.71. The van der Waals surface area contributed by atoms with Crippen molar-refractivity contribution in [2.45, 2.75) is 46.7 Å². The molecule has 1 aromatic carbocycles. The molecule has 1 atom stereocenters. The first-order valence-corrected chi connectivity index (χ1v) is 11.6. The van der Waals surface area contributed by atoms with E-state index in [0.717, 1.165) is 63.1 Å². The minimum absolute atomic E-state index is 0.451. The van der Waals surface area contributed by atoms with E-state index in [2.05, 4.69) is 61.4 Å². The molecular formula is C24H42N4O3. The minimum Gasteiger partial charge on any atom is -0.493 e. The number of hydrogen-bond acceptors (Lipinski definition) is 5. The lowest BCUT2D eigenvalue weighted by Crippen LogP contribution is -2.52. The first kappa shape index (κ1) is 25.4. The lowest BCUT2D eigenvalue weighted by Gasteiger charge is -2.37. The molecule has 1 aliphatic heterocycles. The Kier molecular flexibility index (Phi) is 11.7. The molecule has 2 rings (SSSR count). The molecule has 31 heavy (non-hydrogen) atoms. The number of guanidine groups is 1. The summed E-state index contributed by atoms with van der Waals surface area (Å²) in [4.78, 5) is 7.37. The standard InChI is InChI=1S/C24H42N4O3/c1-6-25-24(27-18-22(19(2)3)28-10-14-30-15-11-28)26-17-21-9-8-20(4)16-23(21)31-13-7-12-29-5/h8-9,16,19,22H,6-7,10-15,17-18H2,1-5H3,(H2,25,26,27). The molecule has 0 saturated carbocycles. The summed E-state index contributed by atoms with van der Waals surface area (Å²) in [6, 6.07) is 6.76. The van der Waals surface area contributed by atoms with Crippen LogP contribution in [0.5, 0.6) is 5.75 Å². The van der Waals surface area contributed by atoms with Crippen molar-refractivity contribution in [3.05, 3.63) is 29.3 Å². The second-order valence-corrected chi connectivity index (χ2v) is 8.34. The predicted octanol–water partition coefficient (Wildman–Crippen LogP) is 2.82. The Labute approximate surface area is 188 Å². The van der Waals surface area contributed by atoms with Gasteiger partial charge in [-0.05, 0) is 31.4 Å². The van der Waals surface area contributed by atoms with Crippen molar-refractivity contribution in [2.24, 2.45) is 10.9 Å². The van der Waals surface area contributed by atoms with Gasteiger partial charge in [0, 0.05) is 57.9 Å². The van der Waals surface area contributed by atoms with Gasteiger partial charge in [-0.15, -0.1) is 0 Å². The van der Waals surface area contributed by atoms with E-state index in [1.807, 2.05) is 0 Å². The van der Waals surface area contributed by atoms with E-state index >= 15 is 0 Å². The highest BCUT2D eigenvalue weighted by molar-refractivity contribution is 5.79. The van der Waals surface area contributed by atoms with Gasteiger partial charge in [0.25, 0.3) is 0 Å². The number of nitrogens with one attached hydrogen (secondary N) is 2. The van der Waals surface area contributed by atoms with Gasteiger partial charge in [-0.25, -0.2) is 4.99 Å². The first-order chi connectivity index (χ1) is 15.0. The fraction of sp³-hybridized carbons (Fsp3) is 0.708. The topological polar surface area (TPSA) is 67.4 Å². The molecule has 0 amide bonds. The molecule has 1 aliphatic rings. The van der Waals surface area contributed by atoms with Crippen molar-refractivity contribution in [3.63, 3.8) is 0 Å². The van der Waals surface area contributed by atoms with Crippen LogP contribution in [-0.2, 0) is 16.0 Å². The van der Waals surface area contributed by atoms with Crippen LogP contribution in [0.2, 0.25) is 0 Å². The van der Waals surface area contributed by atoms with E-state index in [9.17, 15) is 0 Å². The number of hydrogen-bond donors (Lipinski definition) is 2. The Hall–Kier alpha value is -1.83. The molecule has 1 saturated heterocycles. The summed E-state index contributed by atoms with van der Waals surface area (Å²) in [5, 5.41) is 6.94. The summed E-state index contributed by atoms with van der Waals surface area (Å²) in [6.07, 6.45) is 0.871. The number of aliphatic imine (C=N–C) groups is 1. The molecule has 1 unspecified atom stereocenters. The fourth-order valence-corrected chi connectivity index (χ4v) is 3.71. The van der Waals surface area contributed by atoms with Crippen LogP contribution in [0.3, 0.4) is 0 Å². The predicted molar refractivity (Wildman–Crippen MR) is 127 cm³/mol. The number of nitrogens with zero attached hydrogens (tertiary/aromatic N) is 2. The van der Waals surface area contributed by atoms with Gasteiger partial charge in [0.15, 0.2) is 5.96 Å². The molecule has 1 heterocycles. The van der Waals surface area contributed by atoms with Crippen molar-refractivity contribution < 1.29 is 14.2 Å². The maximum absolute atomic E-state index is 6.01. The summed E-state index contributed by atoms with van der Waals surface area (Å²) < 4.78 is 16.7. The van der Waals surface area contributed by atoms with Crippen LogP contribution in [0.15, 0.2) is 23.2 Å². The third kappa shape index (κ3) is 9.05. The van der Waals surface area contributed by atoms with Gasteiger partial charge >= 0.3 is 0 Å². The zero-order valence-corrected chi connectivity index (χ0v) is 20.1. The van der Waals surface area contributed by atoms with E-state index in [1.165, 1.54) is 5.56 Å². The highest BCUT2D eigenvalue weighted by Gasteiger charge is 2.23. The number of aryl methyl sites for hydroxylation is 1. The molecule has 0 bridgehead atoms. The number of morpholine rings is 1. The zero-order valence-electron chi connectivity index (χ0n) is 20.1. The summed E-state index contributed by atoms with van der Waals surface area (Å²) in [5.41, 5.74) is 2.28. The average Bonchev–Trinajstić information content (AvgIpc) is 2.76. The van der Waals surface area contributed by atoms with Crippen LogP contribution >= 0.6 is 0 Å². The lowest BCUT2D eigenvalue weighted by molar-refractivity contribution is 0.00752. The van der Waals surface area contributed by atoms with Crippen molar-refractivity contribution in [1.29, 1.82) is 0 Å². The zero-order chi connectivity index (χ0) is 22.5. The van der Waals surface area contributed by atoms with Crippen molar-refractivity contribution >= 4 is 5.96 Å². The van der Waals surface area contributed by atoms with Gasteiger partial charge in [0.05, 0.1) is 26.4 Å². The Morgan fingerprint density at radius 1 is 1.19 bits per heavy atom. The molecule has 7 nitrogen and oxygen atoms in total. The van der Waals surface area contributed by atoms with E-state index in [0.29, 0.717) is 31.7 Å². The minimum atomic E-state index is 0.451. The third-order valence-corrected chi connectivity index (χ3v) is 5.49. The molecule has 2 N–H and O–H groups in total. The Morgan fingerprint density at radius 3 is 2.65 bits per heavy atom. The van der Waals surface area contributed by atoms with Gasteiger partial charge < -0.3 is 24.8 Å². The largest absolute Gasteiger partial charge is 0.493 e. The van der Waals surface area contributed by atoms with E-state index in [4.69, 9.17) is 19.2 Å². The fourth-order valence-electron chi connectivity index (χ4n) is 3.71. The Bertz CT molecular complexity index is 660. The Morgan fingerprint density at radius 2 is 1.97 bits per heavy atom. The lowest BCUT2D eigenvalue weighted by atomic mass is 10.0. The first-order valence-electron chi connectivity index (χ1n) is 11.6. The van der Waals surface area contributed by atoms with Crippen LogP contribution in [0, 0.1) is 12.8 Å². The monoisotopic (exact) mass is 434 g/mol. The number of rotatable bonds is 12. The summed E-state index contributed by atoms with van der Waals surface area (Å²) in [6.45, 7) is 16.0. The molecule has 1 aromatic rings. The maximum atomic E-state index is 6.01. The Balaban J connectivity index is 2.01. The van der Waals surface area contributed by atoms with Crippen molar-refractivity contribution in [1.82, 2.24) is 15.5 Å². The molecule has 1 fully saturated rings. The quantitative estimate of drug-likeness (QED) is 0.300. The second kappa shape index (κ2) is 14.3. The average molecular weight is 435 g/mol. The molecule has 0 aliphatic carbocycles. The SMILES string of the molecule is CCNC(=NCc1ccc(C)cc1OCCCOC)NCC(C(C)C)N1CCOCC1. The van der Waals surface area contributed by atoms with Crippen LogP contribution < -0.4 is 15.4 Å². The molecule has 0 radical (unpaired) electrons. The molecular weight excluding hydrogens is 392 g/mol.